The summed E-state index contributed by atoms with van der Waals surface area (Å²) in [5.74, 6) is -0.0769. The minimum atomic E-state index is -0.0769. The molecule has 0 saturated carbocycles. The molecule has 1 N–H and O–H groups in total. The van der Waals surface area contributed by atoms with Gasteiger partial charge in [0.15, 0.2) is 5.69 Å². The highest BCUT2D eigenvalue weighted by molar-refractivity contribution is 6.05. The lowest BCUT2D eigenvalue weighted by atomic mass is 9.88. The van der Waals surface area contributed by atoms with Gasteiger partial charge in [-0.15, -0.1) is 0 Å². The van der Waals surface area contributed by atoms with Gasteiger partial charge in [-0.25, -0.2) is 0 Å². The van der Waals surface area contributed by atoms with E-state index in [4.69, 9.17) is 5.10 Å². The Morgan fingerprint density at radius 2 is 1.80 bits per heavy atom. The summed E-state index contributed by atoms with van der Waals surface area (Å²) >= 11 is 0. The third kappa shape index (κ3) is 3.59. The molecule has 4 heterocycles. The first-order valence-electron chi connectivity index (χ1n) is 10.7. The Hall–Kier alpha value is -2.77. The second kappa shape index (κ2) is 7.81. The van der Waals surface area contributed by atoms with Gasteiger partial charge in [-0.2, -0.15) is 5.10 Å². The maximum Gasteiger partial charge on any atom is 0.272 e. The zero-order valence-electron chi connectivity index (χ0n) is 17.5. The lowest BCUT2D eigenvalue weighted by Gasteiger charge is -2.50. The molecular weight excluding hydrogens is 376 g/mol. The fraction of sp³-hybridized carbons (Fsp3) is 0.435. The normalized spacial score (nSPS) is 24.8. The summed E-state index contributed by atoms with van der Waals surface area (Å²) in [5.41, 5.74) is 2.38. The zero-order chi connectivity index (χ0) is 20.7. The van der Waals surface area contributed by atoms with Crippen molar-refractivity contribution in [3.05, 3.63) is 60.0 Å². The molecule has 5 rings (SSSR count). The van der Waals surface area contributed by atoms with Crippen molar-refractivity contribution in [3.63, 3.8) is 0 Å². The average Bonchev–Trinajstić information content (AvgIpc) is 3.09. The van der Waals surface area contributed by atoms with Gasteiger partial charge in [0.2, 0.25) is 0 Å². The number of hydrogen-bond donors (Lipinski definition) is 1. The van der Waals surface area contributed by atoms with Gasteiger partial charge in [0.25, 0.3) is 5.91 Å². The van der Waals surface area contributed by atoms with Crippen LogP contribution in [0.5, 0.6) is 0 Å². The summed E-state index contributed by atoms with van der Waals surface area (Å²) in [4.78, 5) is 22.5. The smallest absolute Gasteiger partial charge is 0.272 e. The first-order valence-corrected chi connectivity index (χ1v) is 10.7. The number of nitrogens with one attached hydrogen (secondary N) is 1. The van der Waals surface area contributed by atoms with E-state index in [-0.39, 0.29) is 11.9 Å². The number of para-hydroxylation sites is 1. The van der Waals surface area contributed by atoms with Gasteiger partial charge in [-0.05, 0) is 45.1 Å². The van der Waals surface area contributed by atoms with E-state index in [0.717, 1.165) is 42.5 Å². The lowest BCUT2D eigenvalue weighted by molar-refractivity contribution is 0.00837. The maximum atomic E-state index is 13.2. The summed E-state index contributed by atoms with van der Waals surface area (Å²) < 4.78 is 1.88. The molecule has 7 nitrogen and oxygen atoms in total. The molecule has 0 radical (unpaired) electrons. The average molecular weight is 405 g/mol. The molecule has 2 aliphatic rings. The van der Waals surface area contributed by atoms with Crippen LogP contribution in [0, 0.1) is 0 Å². The Morgan fingerprint density at radius 3 is 2.53 bits per heavy atom. The Kier molecular flexibility index (Phi) is 5.00. The van der Waals surface area contributed by atoms with Crippen molar-refractivity contribution in [2.75, 3.05) is 27.2 Å². The number of carbonyl (C=O) groups excluding carboxylic acids is 1. The van der Waals surface area contributed by atoms with E-state index in [1.165, 1.54) is 0 Å². The van der Waals surface area contributed by atoms with Crippen LogP contribution in [0.25, 0.3) is 10.9 Å². The van der Waals surface area contributed by atoms with E-state index >= 15 is 0 Å². The molecule has 30 heavy (non-hydrogen) atoms. The zero-order valence-corrected chi connectivity index (χ0v) is 17.5. The third-order valence-electron chi connectivity index (χ3n) is 6.56. The van der Waals surface area contributed by atoms with Gasteiger partial charge < -0.3 is 10.2 Å². The van der Waals surface area contributed by atoms with Gasteiger partial charge >= 0.3 is 0 Å². The van der Waals surface area contributed by atoms with Crippen LogP contribution in [0.15, 0.2) is 48.7 Å². The highest BCUT2D eigenvalue weighted by Gasteiger charge is 2.38. The van der Waals surface area contributed by atoms with Crippen LogP contribution in [0.1, 0.15) is 29.0 Å². The Labute approximate surface area is 176 Å². The van der Waals surface area contributed by atoms with Crippen LogP contribution in [-0.4, -0.2) is 75.8 Å². The number of nitrogens with zero attached hydrogens (tertiary/aromatic N) is 5. The number of carbonyl (C=O) groups is 1. The highest BCUT2D eigenvalue weighted by Crippen LogP contribution is 2.27. The van der Waals surface area contributed by atoms with Gasteiger partial charge in [-0.1, -0.05) is 24.3 Å². The van der Waals surface area contributed by atoms with E-state index < -0.39 is 0 Å². The number of aromatic nitrogens is 3. The predicted octanol–water partition coefficient (Wildman–Crippen LogP) is 1.99. The highest BCUT2D eigenvalue weighted by atomic mass is 16.2. The number of hydrogen-bond acceptors (Lipinski definition) is 5. The largest absolute Gasteiger partial charge is 0.348 e. The quantitative estimate of drug-likeness (QED) is 0.720. The number of likely N-dealkylation sites (N-methyl/N-ethyl adjacent to an activating group) is 2. The molecule has 2 fully saturated rings. The Bertz CT molecular complexity index is 1030. The van der Waals surface area contributed by atoms with E-state index in [0.29, 0.717) is 24.3 Å². The number of piperidine rings is 1. The molecule has 0 aliphatic carbocycles. The van der Waals surface area contributed by atoms with Crippen molar-refractivity contribution in [3.8, 4) is 0 Å². The summed E-state index contributed by atoms with van der Waals surface area (Å²) in [5, 5.41) is 8.88. The molecule has 2 aromatic heterocycles. The standard InChI is InChI=1S/C23H28N6O/c1-27-14-18-11-17(12-19(15-27)28(18)2)25-23(30)22-20-8-3-4-9-21(20)29(26-22)13-16-7-5-6-10-24-16/h3-10,17-19H,11-15H2,1-2H3,(H,25,30). The van der Waals surface area contributed by atoms with Gasteiger partial charge in [-0.3, -0.25) is 19.4 Å². The molecule has 1 amide bonds. The number of rotatable bonds is 4. The van der Waals surface area contributed by atoms with Crippen molar-refractivity contribution in [2.24, 2.45) is 0 Å². The van der Waals surface area contributed by atoms with Crippen LogP contribution >= 0.6 is 0 Å². The number of piperazine rings is 1. The number of likely N-dealkylation sites (tertiary alicyclic amines) is 1. The van der Waals surface area contributed by atoms with Crippen molar-refractivity contribution >= 4 is 16.8 Å². The first kappa shape index (κ1) is 19.2. The summed E-state index contributed by atoms with van der Waals surface area (Å²) in [6.45, 7) is 2.65. The molecular formula is C23H28N6O. The second-order valence-corrected chi connectivity index (χ2v) is 8.68. The van der Waals surface area contributed by atoms with Gasteiger partial charge in [0.1, 0.15) is 0 Å². The van der Waals surface area contributed by atoms with E-state index in [9.17, 15) is 4.79 Å². The summed E-state index contributed by atoms with van der Waals surface area (Å²) in [6, 6.07) is 15.0. The minimum absolute atomic E-state index is 0.0769. The molecule has 2 saturated heterocycles. The van der Waals surface area contributed by atoms with Crippen molar-refractivity contribution in [2.45, 2.75) is 37.5 Å². The number of amides is 1. The minimum Gasteiger partial charge on any atom is -0.348 e. The Balaban J connectivity index is 1.38. The molecule has 2 atom stereocenters. The van der Waals surface area contributed by atoms with Crippen LogP contribution in [0.2, 0.25) is 0 Å². The molecule has 0 spiro atoms. The SMILES string of the molecule is CN1CC2CC(NC(=O)c3nn(Cc4ccccn4)c4ccccc34)CC(C1)N2C. The molecule has 156 valence electrons. The summed E-state index contributed by atoms with van der Waals surface area (Å²) in [7, 11) is 4.40. The van der Waals surface area contributed by atoms with Crippen molar-refractivity contribution in [1.29, 1.82) is 0 Å². The monoisotopic (exact) mass is 404 g/mol. The molecule has 7 heteroatoms. The number of fused-ring (bicyclic) bond motifs is 3. The second-order valence-electron chi connectivity index (χ2n) is 8.68. The fourth-order valence-electron chi connectivity index (χ4n) is 5.02. The van der Waals surface area contributed by atoms with Crippen LogP contribution in [0.4, 0.5) is 0 Å². The Morgan fingerprint density at radius 1 is 1.07 bits per heavy atom. The van der Waals surface area contributed by atoms with Crippen LogP contribution < -0.4 is 5.32 Å². The van der Waals surface area contributed by atoms with E-state index in [1.807, 2.05) is 47.1 Å². The third-order valence-corrected chi connectivity index (χ3v) is 6.56. The molecule has 1 aromatic carbocycles. The van der Waals surface area contributed by atoms with Crippen molar-refractivity contribution < 1.29 is 4.79 Å². The van der Waals surface area contributed by atoms with Gasteiger partial charge in [0.05, 0.1) is 17.8 Å². The lowest BCUT2D eigenvalue weighted by Crippen LogP contribution is -2.63. The molecule has 2 bridgehead atoms. The fourth-order valence-corrected chi connectivity index (χ4v) is 5.02. The first-order chi connectivity index (χ1) is 14.6. The molecule has 2 unspecified atom stereocenters. The topological polar surface area (TPSA) is 66.3 Å². The number of pyridine rings is 1. The summed E-state index contributed by atoms with van der Waals surface area (Å²) in [6.07, 6.45) is 3.74. The van der Waals surface area contributed by atoms with Gasteiger partial charge in [0, 0.05) is 42.8 Å². The van der Waals surface area contributed by atoms with E-state index in [2.05, 4.69) is 34.2 Å². The molecule has 2 aliphatic heterocycles. The van der Waals surface area contributed by atoms with Crippen molar-refractivity contribution in [1.82, 2.24) is 29.9 Å². The maximum absolute atomic E-state index is 13.2. The van der Waals surface area contributed by atoms with Crippen LogP contribution in [0.3, 0.4) is 0 Å². The predicted molar refractivity (Wildman–Crippen MR) is 116 cm³/mol. The van der Waals surface area contributed by atoms with E-state index in [1.54, 1.807) is 6.20 Å². The number of benzene rings is 1. The molecule has 3 aromatic rings. The van der Waals surface area contributed by atoms with Crippen LogP contribution in [-0.2, 0) is 6.54 Å².